The van der Waals surface area contributed by atoms with Crippen LogP contribution >= 0.6 is 0 Å². The highest BCUT2D eigenvalue weighted by Crippen LogP contribution is 1.85. The molecule has 0 aliphatic rings. The molecule has 0 aromatic carbocycles. The topological polar surface area (TPSA) is 111 Å². The van der Waals surface area contributed by atoms with Gasteiger partial charge in [0.25, 0.3) is 0 Å². The Bertz CT molecular complexity index is 267. The Morgan fingerprint density at radius 1 is 1.25 bits per heavy atom. The fourth-order valence-corrected chi connectivity index (χ4v) is 0.873. The molecule has 1 atom stereocenters. The number of esters is 1. The summed E-state index contributed by atoms with van der Waals surface area (Å²) in [4.78, 5) is 32.8. The summed E-state index contributed by atoms with van der Waals surface area (Å²) in [6, 6.07) is -1.32. The molecule has 0 aromatic rings. The third kappa shape index (κ3) is 5.97. The molecule has 92 valence electrons. The fourth-order valence-electron chi connectivity index (χ4n) is 0.873. The molecule has 0 radical (unpaired) electrons. The molecule has 0 aromatic heterocycles. The molecule has 0 bridgehead atoms. The lowest BCUT2D eigenvalue weighted by molar-refractivity contribution is -0.148. The molecule has 4 N–H and O–H groups in total. The molecule has 0 aliphatic heterocycles. The van der Waals surface area contributed by atoms with Gasteiger partial charge in [0.1, 0.15) is 0 Å². The molecule has 0 spiro atoms. The summed E-state index contributed by atoms with van der Waals surface area (Å²) in [7, 11) is 0. The average Bonchev–Trinajstić information content (AvgIpc) is 2.23. The van der Waals surface area contributed by atoms with Gasteiger partial charge in [0.05, 0.1) is 6.61 Å². The van der Waals surface area contributed by atoms with Crippen molar-refractivity contribution in [1.82, 2.24) is 10.6 Å². The highest BCUT2D eigenvalue weighted by Gasteiger charge is 2.22. The van der Waals surface area contributed by atoms with E-state index in [0.717, 1.165) is 0 Å². The van der Waals surface area contributed by atoms with E-state index in [9.17, 15) is 14.4 Å². The smallest absolute Gasteiger partial charge is 0.332 e. The molecule has 0 fully saturated rings. The summed E-state index contributed by atoms with van der Waals surface area (Å²) >= 11 is 0. The summed E-state index contributed by atoms with van der Waals surface area (Å²) < 4.78 is 4.57. The number of carbonyl (C=O) groups is 3. The van der Waals surface area contributed by atoms with E-state index in [1.54, 1.807) is 6.92 Å². The molecule has 16 heavy (non-hydrogen) atoms. The van der Waals surface area contributed by atoms with Gasteiger partial charge in [-0.05, 0) is 6.92 Å². The average molecular weight is 231 g/mol. The number of rotatable bonds is 6. The maximum atomic E-state index is 11.3. The fraction of sp³-hybridized carbons (Fsp3) is 0.667. The van der Waals surface area contributed by atoms with Crippen LogP contribution in [-0.4, -0.2) is 43.5 Å². The largest absolute Gasteiger partial charge is 0.464 e. The monoisotopic (exact) mass is 231 g/mol. The second kappa shape index (κ2) is 7.63. The Balaban J connectivity index is 3.79. The minimum atomic E-state index is -1.32. The van der Waals surface area contributed by atoms with Gasteiger partial charge in [0, 0.05) is 20.0 Å². The molecule has 0 heterocycles. The van der Waals surface area contributed by atoms with Gasteiger partial charge in [-0.2, -0.15) is 0 Å². The second-order valence-corrected chi connectivity index (χ2v) is 3.00. The van der Waals surface area contributed by atoms with Gasteiger partial charge in [-0.15, -0.1) is 0 Å². The molecule has 0 aliphatic carbocycles. The van der Waals surface area contributed by atoms with Crippen molar-refractivity contribution in [3.05, 3.63) is 0 Å². The van der Waals surface area contributed by atoms with E-state index in [1.807, 2.05) is 0 Å². The predicted molar refractivity (Wildman–Crippen MR) is 56.3 cm³/mol. The lowest BCUT2D eigenvalue weighted by Crippen LogP contribution is -2.48. The first-order valence-corrected chi connectivity index (χ1v) is 4.93. The molecule has 0 rings (SSSR count). The van der Waals surface area contributed by atoms with Crippen LogP contribution in [0.1, 0.15) is 13.8 Å². The Labute approximate surface area is 93.7 Å². The molecule has 2 amide bonds. The van der Waals surface area contributed by atoms with Crippen LogP contribution in [0, 0.1) is 0 Å². The lowest BCUT2D eigenvalue weighted by Gasteiger charge is -2.11. The van der Waals surface area contributed by atoms with Crippen molar-refractivity contribution in [2.75, 3.05) is 19.7 Å². The first-order valence-electron chi connectivity index (χ1n) is 4.93. The number of carbonyl (C=O) groups excluding carboxylic acids is 3. The van der Waals surface area contributed by atoms with Crippen LogP contribution < -0.4 is 16.4 Å². The van der Waals surface area contributed by atoms with Gasteiger partial charge in [-0.3, -0.25) is 9.59 Å². The molecule has 7 heteroatoms. The van der Waals surface area contributed by atoms with Crippen LogP contribution in [0.5, 0.6) is 0 Å². The number of hydrogen-bond acceptors (Lipinski definition) is 5. The Kier molecular flexibility index (Phi) is 6.86. The van der Waals surface area contributed by atoms with Gasteiger partial charge in [-0.1, -0.05) is 0 Å². The standard InChI is InChI=1S/C9H17N3O4/c1-3-16-9(15)7(10)8(14)12-5-4-11-6(2)13/h7H,3-5,10H2,1-2H3,(H,11,13)(H,12,14). The quantitative estimate of drug-likeness (QED) is 0.282. The first kappa shape index (κ1) is 14.4. The lowest BCUT2D eigenvalue weighted by atomic mass is 10.3. The minimum absolute atomic E-state index is 0.172. The Hall–Kier alpha value is -1.63. The first-order chi connectivity index (χ1) is 7.49. The van der Waals surface area contributed by atoms with Crippen molar-refractivity contribution in [2.45, 2.75) is 19.9 Å². The summed E-state index contributed by atoms with van der Waals surface area (Å²) in [5.74, 6) is -1.58. The molecule has 7 nitrogen and oxygen atoms in total. The second-order valence-electron chi connectivity index (χ2n) is 3.00. The van der Waals surface area contributed by atoms with Crippen LogP contribution in [0.2, 0.25) is 0 Å². The molecular weight excluding hydrogens is 214 g/mol. The van der Waals surface area contributed by atoms with Crippen molar-refractivity contribution in [1.29, 1.82) is 0 Å². The highest BCUT2D eigenvalue weighted by molar-refractivity contribution is 6.01. The van der Waals surface area contributed by atoms with Crippen LogP contribution in [0.25, 0.3) is 0 Å². The van der Waals surface area contributed by atoms with Gasteiger partial charge < -0.3 is 21.1 Å². The van der Waals surface area contributed by atoms with Gasteiger partial charge in [0.2, 0.25) is 11.8 Å². The third-order valence-corrected chi connectivity index (χ3v) is 1.62. The van der Waals surface area contributed by atoms with Crippen molar-refractivity contribution in [3.63, 3.8) is 0 Å². The van der Waals surface area contributed by atoms with Crippen molar-refractivity contribution in [2.24, 2.45) is 5.73 Å². The Morgan fingerprint density at radius 3 is 2.31 bits per heavy atom. The van der Waals surface area contributed by atoms with Gasteiger partial charge >= 0.3 is 5.97 Å². The number of ether oxygens (including phenoxy) is 1. The number of nitrogens with one attached hydrogen (secondary N) is 2. The normalized spacial score (nSPS) is 11.4. The van der Waals surface area contributed by atoms with E-state index in [0.29, 0.717) is 0 Å². The number of amides is 2. The van der Waals surface area contributed by atoms with Crippen molar-refractivity contribution >= 4 is 17.8 Å². The van der Waals surface area contributed by atoms with Crippen molar-refractivity contribution < 1.29 is 19.1 Å². The van der Waals surface area contributed by atoms with Crippen molar-refractivity contribution in [3.8, 4) is 0 Å². The minimum Gasteiger partial charge on any atom is -0.464 e. The van der Waals surface area contributed by atoms with E-state index in [1.165, 1.54) is 6.92 Å². The number of nitrogens with two attached hydrogens (primary N) is 1. The predicted octanol–water partition coefficient (Wildman–Crippen LogP) is -1.87. The van der Waals surface area contributed by atoms with Gasteiger partial charge in [-0.25, -0.2) is 4.79 Å². The van der Waals surface area contributed by atoms with Gasteiger partial charge in [0.15, 0.2) is 6.04 Å². The number of hydrogen-bond donors (Lipinski definition) is 3. The van der Waals surface area contributed by atoms with Crippen LogP contribution in [0.4, 0.5) is 0 Å². The SMILES string of the molecule is CCOC(=O)C(N)C(=O)NCCNC(C)=O. The van der Waals surface area contributed by atoms with E-state index in [-0.39, 0.29) is 25.6 Å². The summed E-state index contributed by atoms with van der Waals surface area (Å²) in [6.07, 6.45) is 0. The van der Waals surface area contributed by atoms with Crippen LogP contribution in [-0.2, 0) is 19.1 Å². The Morgan fingerprint density at radius 2 is 1.81 bits per heavy atom. The van der Waals surface area contributed by atoms with E-state index < -0.39 is 17.9 Å². The molecular formula is C9H17N3O4. The zero-order valence-electron chi connectivity index (χ0n) is 9.41. The van der Waals surface area contributed by atoms with E-state index in [4.69, 9.17) is 5.73 Å². The van der Waals surface area contributed by atoms with E-state index in [2.05, 4.69) is 15.4 Å². The molecule has 0 saturated heterocycles. The molecule has 0 saturated carbocycles. The van der Waals surface area contributed by atoms with E-state index >= 15 is 0 Å². The highest BCUT2D eigenvalue weighted by atomic mass is 16.5. The summed E-state index contributed by atoms with van der Waals surface area (Å²) in [5, 5.41) is 4.88. The zero-order chi connectivity index (χ0) is 12.6. The van der Waals surface area contributed by atoms with Crippen LogP contribution in [0.3, 0.4) is 0 Å². The van der Waals surface area contributed by atoms with Crippen LogP contribution in [0.15, 0.2) is 0 Å². The molecule has 1 unspecified atom stereocenters. The maximum Gasteiger partial charge on any atom is 0.332 e. The summed E-state index contributed by atoms with van der Waals surface area (Å²) in [6.45, 7) is 3.67. The third-order valence-electron chi connectivity index (χ3n) is 1.62. The maximum absolute atomic E-state index is 11.3. The zero-order valence-corrected chi connectivity index (χ0v) is 9.41. The summed E-state index contributed by atoms with van der Waals surface area (Å²) in [5.41, 5.74) is 5.31.